The molecule has 0 unspecified atom stereocenters. The van der Waals surface area contributed by atoms with E-state index in [0.717, 1.165) is 32.8 Å². The minimum Gasteiger partial charge on any atom is -0.307 e. The van der Waals surface area contributed by atoms with E-state index < -0.39 is 0 Å². The second-order valence-electron chi connectivity index (χ2n) is 5.98. The molecule has 0 amide bonds. The lowest BCUT2D eigenvalue weighted by atomic mass is 10.2. The first-order valence-corrected chi connectivity index (χ1v) is 9.63. The van der Waals surface area contributed by atoms with E-state index in [4.69, 9.17) is 4.98 Å². The van der Waals surface area contributed by atoms with Gasteiger partial charge in [-0.15, -0.1) is 11.3 Å². The van der Waals surface area contributed by atoms with Crippen LogP contribution in [-0.4, -0.2) is 19.4 Å². The summed E-state index contributed by atoms with van der Waals surface area (Å²) in [5.74, 6) is 1.64. The van der Waals surface area contributed by atoms with Crippen LogP contribution in [0.2, 0.25) is 0 Å². The van der Waals surface area contributed by atoms with Crippen molar-refractivity contribution >= 4 is 39.0 Å². The lowest BCUT2D eigenvalue weighted by Gasteiger charge is -2.03. The van der Waals surface area contributed by atoms with Gasteiger partial charge in [0.05, 0.1) is 5.69 Å². The number of hydrogen-bond donors (Lipinski definition) is 0. The number of imidazole rings is 1. The van der Waals surface area contributed by atoms with Gasteiger partial charge in [0.25, 0.3) is 0 Å². The average molecular weight is 355 g/mol. The summed E-state index contributed by atoms with van der Waals surface area (Å²) in [5, 5.41) is 2.26. The van der Waals surface area contributed by atoms with Crippen LogP contribution >= 0.6 is 23.1 Å². The molecule has 4 rings (SSSR count). The summed E-state index contributed by atoms with van der Waals surface area (Å²) in [6, 6.07) is 4.14. The Labute approximate surface area is 149 Å². The second-order valence-corrected chi connectivity index (χ2v) is 8.15. The Bertz CT molecular complexity index is 1060. The molecule has 0 spiro atoms. The average Bonchev–Trinajstić information content (AvgIpc) is 3.07. The fraction of sp³-hybridized carbons (Fsp3) is 0.278. The molecule has 0 N–H and O–H groups in total. The summed E-state index contributed by atoms with van der Waals surface area (Å²) in [6.07, 6.45) is 4.15. The van der Waals surface area contributed by atoms with Gasteiger partial charge < -0.3 is 4.40 Å². The normalized spacial score (nSPS) is 11.7. The van der Waals surface area contributed by atoms with Gasteiger partial charge in [0.2, 0.25) is 0 Å². The smallest absolute Gasteiger partial charge is 0.139 e. The van der Waals surface area contributed by atoms with Crippen molar-refractivity contribution in [3.63, 3.8) is 0 Å². The predicted molar refractivity (Wildman–Crippen MR) is 101 cm³/mol. The zero-order valence-electron chi connectivity index (χ0n) is 14.1. The van der Waals surface area contributed by atoms with Crippen molar-refractivity contribution in [1.29, 1.82) is 0 Å². The van der Waals surface area contributed by atoms with Crippen LogP contribution in [0.3, 0.4) is 0 Å². The third kappa shape index (κ3) is 2.59. The molecule has 122 valence electrons. The number of aromatic nitrogens is 4. The van der Waals surface area contributed by atoms with E-state index in [-0.39, 0.29) is 0 Å². The summed E-state index contributed by atoms with van der Waals surface area (Å²) < 4.78 is 2.09. The highest BCUT2D eigenvalue weighted by atomic mass is 32.2. The maximum absolute atomic E-state index is 4.76. The Kier molecular flexibility index (Phi) is 3.81. The molecule has 6 heteroatoms. The second kappa shape index (κ2) is 5.86. The highest BCUT2D eigenvalue weighted by Crippen LogP contribution is 2.36. The van der Waals surface area contributed by atoms with Gasteiger partial charge in [-0.25, -0.2) is 15.0 Å². The molecule has 0 aliphatic heterocycles. The number of rotatable bonds is 3. The van der Waals surface area contributed by atoms with E-state index in [0.29, 0.717) is 0 Å². The van der Waals surface area contributed by atoms with Crippen molar-refractivity contribution in [1.82, 2.24) is 19.4 Å². The van der Waals surface area contributed by atoms with Crippen LogP contribution in [0, 0.1) is 27.7 Å². The van der Waals surface area contributed by atoms with Crippen molar-refractivity contribution < 1.29 is 0 Å². The van der Waals surface area contributed by atoms with Crippen LogP contribution in [-0.2, 0) is 5.75 Å². The summed E-state index contributed by atoms with van der Waals surface area (Å²) in [4.78, 5) is 16.4. The van der Waals surface area contributed by atoms with Crippen molar-refractivity contribution in [3.8, 4) is 0 Å². The molecular formula is C18H18N4S2. The molecule has 0 saturated carbocycles. The van der Waals surface area contributed by atoms with Gasteiger partial charge >= 0.3 is 0 Å². The molecule has 0 atom stereocenters. The monoisotopic (exact) mass is 354 g/mol. The number of thiophene rings is 1. The Morgan fingerprint density at radius 2 is 1.96 bits per heavy atom. The Morgan fingerprint density at radius 3 is 2.75 bits per heavy atom. The first-order chi connectivity index (χ1) is 11.5. The van der Waals surface area contributed by atoms with Crippen LogP contribution in [0.4, 0.5) is 0 Å². The number of pyridine rings is 1. The fourth-order valence-corrected chi connectivity index (χ4v) is 4.99. The van der Waals surface area contributed by atoms with Crippen LogP contribution in [0.25, 0.3) is 15.9 Å². The van der Waals surface area contributed by atoms with Crippen molar-refractivity contribution in [3.05, 3.63) is 52.0 Å². The SMILES string of the molecule is Cc1nc(SCc2cn3cccc(C)c3n2)c2c(C)c(C)sc2n1. The van der Waals surface area contributed by atoms with Gasteiger partial charge in [-0.1, -0.05) is 17.8 Å². The first kappa shape index (κ1) is 15.6. The van der Waals surface area contributed by atoms with E-state index in [9.17, 15) is 0 Å². The van der Waals surface area contributed by atoms with Crippen molar-refractivity contribution in [2.24, 2.45) is 0 Å². The minimum atomic E-state index is 0.807. The quantitative estimate of drug-likeness (QED) is 0.389. The summed E-state index contributed by atoms with van der Waals surface area (Å²) in [7, 11) is 0. The molecule has 4 heterocycles. The number of nitrogens with zero attached hydrogens (tertiary/aromatic N) is 4. The summed E-state index contributed by atoms with van der Waals surface area (Å²) >= 11 is 3.50. The zero-order chi connectivity index (χ0) is 16.8. The first-order valence-electron chi connectivity index (χ1n) is 7.83. The van der Waals surface area contributed by atoms with Crippen LogP contribution < -0.4 is 0 Å². The van der Waals surface area contributed by atoms with E-state index in [2.05, 4.69) is 53.5 Å². The van der Waals surface area contributed by atoms with E-state index in [1.807, 2.05) is 13.1 Å². The molecular weight excluding hydrogens is 336 g/mol. The number of aryl methyl sites for hydroxylation is 4. The van der Waals surface area contributed by atoms with Gasteiger partial charge in [-0.05, 0) is 44.9 Å². The van der Waals surface area contributed by atoms with Crippen LogP contribution in [0.1, 0.15) is 27.5 Å². The largest absolute Gasteiger partial charge is 0.307 e. The summed E-state index contributed by atoms with van der Waals surface area (Å²) in [5.41, 5.74) is 4.59. The molecule has 0 bridgehead atoms. The van der Waals surface area contributed by atoms with Gasteiger partial charge in [0, 0.05) is 28.4 Å². The molecule has 0 radical (unpaired) electrons. The number of fused-ring (bicyclic) bond motifs is 2. The molecule has 0 fully saturated rings. The number of hydrogen-bond acceptors (Lipinski definition) is 5. The van der Waals surface area contributed by atoms with Gasteiger partial charge in [-0.2, -0.15) is 0 Å². The maximum Gasteiger partial charge on any atom is 0.139 e. The predicted octanol–water partition coefficient (Wildman–Crippen LogP) is 4.86. The molecule has 4 aromatic heterocycles. The lowest BCUT2D eigenvalue weighted by Crippen LogP contribution is -1.92. The van der Waals surface area contributed by atoms with Crippen LogP contribution in [0.15, 0.2) is 29.6 Å². The summed E-state index contributed by atoms with van der Waals surface area (Å²) in [6.45, 7) is 8.36. The molecule has 4 nitrogen and oxygen atoms in total. The van der Waals surface area contributed by atoms with Gasteiger partial charge in [0.1, 0.15) is 21.3 Å². The Morgan fingerprint density at radius 1 is 1.12 bits per heavy atom. The molecule has 0 saturated heterocycles. The Hall–Kier alpha value is -1.92. The molecule has 0 aromatic carbocycles. The highest BCUT2D eigenvalue weighted by Gasteiger charge is 2.14. The topological polar surface area (TPSA) is 43.1 Å². The van der Waals surface area contributed by atoms with Gasteiger partial charge in [0.15, 0.2) is 0 Å². The van der Waals surface area contributed by atoms with Crippen molar-refractivity contribution in [2.75, 3.05) is 0 Å². The molecule has 0 aliphatic carbocycles. The minimum absolute atomic E-state index is 0.807. The van der Waals surface area contributed by atoms with Crippen LogP contribution in [0.5, 0.6) is 0 Å². The Balaban J connectivity index is 1.70. The highest BCUT2D eigenvalue weighted by molar-refractivity contribution is 7.98. The lowest BCUT2D eigenvalue weighted by molar-refractivity contribution is 1.01. The fourth-order valence-electron chi connectivity index (χ4n) is 2.84. The van der Waals surface area contributed by atoms with E-state index in [1.54, 1.807) is 23.1 Å². The zero-order valence-corrected chi connectivity index (χ0v) is 15.8. The van der Waals surface area contributed by atoms with E-state index >= 15 is 0 Å². The van der Waals surface area contributed by atoms with Gasteiger partial charge in [-0.3, -0.25) is 0 Å². The number of thioether (sulfide) groups is 1. The molecule has 4 aromatic rings. The molecule has 24 heavy (non-hydrogen) atoms. The molecule has 0 aliphatic rings. The third-order valence-corrected chi connectivity index (χ3v) is 6.30. The maximum atomic E-state index is 4.76. The standard InChI is InChI=1S/C18H18N4S2/c1-10-6-5-7-22-8-14(21-16(10)22)9-23-17-15-11(2)12(3)24-18(15)20-13(4)19-17/h5-8H,9H2,1-4H3. The third-order valence-electron chi connectivity index (χ3n) is 4.19. The van der Waals surface area contributed by atoms with Crippen molar-refractivity contribution in [2.45, 2.75) is 38.5 Å². The van der Waals surface area contributed by atoms with E-state index in [1.165, 1.54) is 21.4 Å².